The van der Waals surface area contributed by atoms with E-state index in [1.54, 1.807) is 34.7 Å². The number of allylic oxidation sites excluding steroid dienone is 3. The maximum Gasteiger partial charge on any atom is 0.248 e. The Labute approximate surface area is 112 Å². The van der Waals surface area contributed by atoms with Crippen LogP contribution in [-0.2, 0) is 4.79 Å². The normalized spacial score (nSPS) is 11.3. The average Bonchev–Trinajstić information content (AvgIpc) is 2.26. The molecule has 1 aromatic rings. The van der Waals surface area contributed by atoms with Crippen LogP contribution < -0.4 is 5.32 Å². The lowest BCUT2D eigenvalue weighted by molar-refractivity contribution is -0.111. The van der Waals surface area contributed by atoms with Gasteiger partial charge in [-0.25, -0.2) is 8.78 Å². The summed E-state index contributed by atoms with van der Waals surface area (Å²) in [7, 11) is 0. The average molecular weight is 349 g/mol. The largest absolute Gasteiger partial charge is 0.322 e. The van der Waals surface area contributed by atoms with Crippen molar-refractivity contribution in [2.24, 2.45) is 0 Å². The van der Waals surface area contributed by atoms with Crippen LogP contribution in [0.3, 0.4) is 0 Å². The van der Waals surface area contributed by atoms with Crippen molar-refractivity contribution in [1.82, 2.24) is 0 Å². The number of hydrogen-bond donors (Lipinski definition) is 1. The molecule has 17 heavy (non-hydrogen) atoms. The number of halogens is 3. The lowest BCUT2D eigenvalue weighted by Crippen LogP contribution is -2.08. The van der Waals surface area contributed by atoms with E-state index in [-0.39, 0.29) is 9.26 Å². The van der Waals surface area contributed by atoms with Crippen LogP contribution in [0.15, 0.2) is 36.4 Å². The topological polar surface area (TPSA) is 29.1 Å². The van der Waals surface area contributed by atoms with Gasteiger partial charge in [0.2, 0.25) is 5.91 Å². The summed E-state index contributed by atoms with van der Waals surface area (Å²) >= 11 is 1.56. The molecule has 0 aromatic heterocycles. The summed E-state index contributed by atoms with van der Waals surface area (Å²) in [5.74, 6) is -1.83. The van der Waals surface area contributed by atoms with E-state index in [1.807, 2.05) is 6.92 Å². The maximum atomic E-state index is 13.2. The number of benzene rings is 1. The molecule has 90 valence electrons. The van der Waals surface area contributed by atoms with Crippen molar-refractivity contribution in [3.05, 3.63) is 51.6 Å². The smallest absolute Gasteiger partial charge is 0.248 e. The molecule has 0 bridgehead atoms. The Hall–Kier alpha value is -1.24. The molecule has 1 aromatic carbocycles. The van der Waals surface area contributed by atoms with Crippen LogP contribution in [0.4, 0.5) is 14.5 Å². The molecule has 0 aliphatic heterocycles. The minimum Gasteiger partial charge on any atom is -0.322 e. The summed E-state index contributed by atoms with van der Waals surface area (Å²) < 4.78 is 26.2. The lowest BCUT2D eigenvalue weighted by Gasteiger charge is -2.04. The zero-order valence-electron chi connectivity index (χ0n) is 9.01. The van der Waals surface area contributed by atoms with E-state index in [0.717, 1.165) is 12.1 Å². The van der Waals surface area contributed by atoms with Gasteiger partial charge in [-0.15, -0.1) is 0 Å². The van der Waals surface area contributed by atoms with E-state index in [9.17, 15) is 13.6 Å². The molecule has 0 aliphatic rings. The third kappa shape index (κ3) is 4.26. The maximum absolute atomic E-state index is 13.2. The summed E-state index contributed by atoms with van der Waals surface area (Å²) in [6.45, 7) is 1.81. The summed E-state index contributed by atoms with van der Waals surface area (Å²) in [5, 5.41) is 2.37. The fourth-order valence-corrected chi connectivity index (χ4v) is 1.38. The van der Waals surface area contributed by atoms with Gasteiger partial charge in [-0.05, 0) is 41.6 Å². The Kier molecular flexibility index (Phi) is 5.27. The fraction of sp³-hybridized carbons (Fsp3) is 0.0833. The van der Waals surface area contributed by atoms with E-state index in [2.05, 4.69) is 5.32 Å². The Morgan fingerprint density at radius 1 is 1.29 bits per heavy atom. The molecule has 2 nitrogen and oxygen atoms in total. The first-order valence-electron chi connectivity index (χ1n) is 4.79. The van der Waals surface area contributed by atoms with E-state index in [1.165, 1.54) is 12.2 Å². The summed E-state index contributed by atoms with van der Waals surface area (Å²) in [4.78, 5) is 11.3. The lowest BCUT2D eigenvalue weighted by atomic mass is 10.3. The van der Waals surface area contributed by atoms with Gasteiger partial charge in [0.15, 0.2) is 0 Å². The monoisotopic (exact) mass is 349 g/mol. The number of carbonyl (C=O) groups excluding carboxylic acids is 1. The molecular formula is C12H10F2INO. The molecule has 5 heteroatoms. The molecule has 0 saturated carbocycles. The number of rotatable bonds is 3. The van der Waals surface area contributed by atoms with E-state index in [0.29, 0.717) is 0 Å². The molecule has 0 heterocycles. The van der Waals surface area contributed by atoms with Crippen molar-refractivity contribution in [2.75, 3.05) is 5.32 Å². The van der Waals surface area contributed by atoms with Crippen molar-refractivity contribution in [3.63, 3.8) is 0 Å². The summed E-state index contributed by atoms with van der Waals surface area (Å²) in [6, 6.07) is 2.15. The number of hydrogen-bond acceptors (Lipinski definition) is 1. The Balaban J connectivity index is 2.79. The molecule has 1 N–H and O–H groups in total. The quantitative estimate of drug-likeness (QED) is 0.384. The second-order valence-corrected chi connectivity index (χ2v) is 4.21. The third-order valence-corrected chi connectivity index (χ3v) is 2.83. The van der Waals surface area contributed by atoms with Crippen LogP contribution in [0, 0.1) is 15.2 Å². The first-order chi connectivity index (χ1) is 8.04. The molecular weight excluding hydrogens is 339 g/mol. The van der Waals surface area contributed by atoms with Gasteiger partial charge >= 0.3 is 0 Å². The van der Waals surface area contributed by atoms with Gasteiger partial charge in [0, 0.05) is 11.8 Å². The number of nitrogens with one attached hydrogen (secondary N) is 1. The highest BCUT2D eigenvalue weighted by Crippen LogP contribution is 2.20. The predicted molar refractivity (Wildman–Crippen MR) is 71.7 cm³/mol. The fourth-order valence-electron chi connectivity index (χ4n) is 1.07. The van der Waals surface area contributed by atoms with Crippen LogP contribution in [0.5, 0.6) is 0 Å². The molecule has 0 atom stereocenters. The van der Waals surface area contributed by atoms with Gasteiger partial charge in [-0.3, -0.25) is 4.79 Å². The Morgan fingerprint density at radius 3 is 2.41 bits per heavy atom. The molecule has 0 unspecified atom stereocenters. The predicted octanol–water partition coefficient (Wildman–Crippen LogP) is 3.64. The molecule has 0 spiro atoms. The summed E-state index contributed by atoms with van der Waals surface area (Å²) in [6.07, 6.45) is 6.24. The van der Waals surface area contributed by atoms with Gasteiger partial charge in [0.25, 0.3) is 0 Å². The molecule has 0 fully saturated rings. The highest BCUT2D eigenvalue weighted by Gasteiger charge is 2.08. The number of amides is 1. The van der Waals surface area contributed by atoms with Gasteiger partial charge in [-0.1, -0.05) is 18.2 Å². The molecule has 0 saturated heterocycles. The number of anilines is 1. The molecule has 0 aliphatic carbocycles. The van der Waals surface area contributed by atoms with Gasteiger partial charge in [0.1, 0.15) is 11.6 Å². The first kappa shape index (κ1) is 13.8. The third-order valence-electron chi connectivity index (χ3n) is 1.80. The standard InChI is InChI=1S/C12H10F2INO/c1-2-3-4-5-11(17)16-8-6-9(13)12(15)10(14)7-8/h2-7H,1H3,(H,16,17)/b3-2+,5-4+. The summed E-state index contributed by atoms with van der Waals surface area (Å²) in [5.41, 5.74) is 0.0931. The van der Waals surface area contributed by atoms with Gasteiger partial charge < -0.3 is 5.32 Å². The van der Waals surface area contributed by atoms with Crippen molar-refractivity contribution in [2.45, 2.75) is 6.92 Å². The van der Waals surface area contributed by atoms with E-state index in [4.69, 9.17) is 0 Å². The Bertz CT molecular complexity index is 460. The Morgan fingerprint density at radius 2 is 1.88 bits per heavy atom. The second-order valence-electron chi connectivity index (χ2n) is 3.13. The van der Waals surface area contributed by atoms with Crippen LogP contribution >= 0.6 is 22.6 Å². The zero-order chi connectivity index (χ0) is 12.8. The van der Waals surface area contributed by atoms with Crippen LogP contribution in [0.1, 0.15) is 6.92 Å². The van der Waals surface area contributed by atoms with E-state index >= 15 is 0 Å². The van der Waals surface area contributed by atoms with Crippen molar-refractivity contribution >= 4 is 34.2 Å². The molecule has 1 rings (SSSR count). The van der Waals surface area contributed by atoms with Crippen molar-refractivity contribution in [3.8, 4) is 0 Å². The minimum absolute atomic E-state index is 0.0925. The molecule has 0 radical (unpaired) electrons. The second kappa shape index (κ2) is 6.48. The van der Waals surface area contributed by atoms with Crippen molar-refractivity contribution in [1.29, 1.82) is 0 Å². The van der Waals surface area contributed by atoms with Crippen LogP contribution in [0.2, 0.25) is 0 Å². The van der Waals surface area contributed by atoms with Crippen LogP contribution in [-0.4, -0.2) is 5.91 Å². The highest BCUT2D eigenvalue weighted by atomic mass is 127. The number of carbonyl (C=O) groups is 1. The highest BCUT2D eigenvalue weighted by molar-refractivity contribution is 14.1. The van der Waals surface area contributed by atoms with Gasteiger partial charge in [0.05, 0.1) is 3.57 Å². The van der Waals surface area contributed by atoms with E-state index < -0.39 is 17.5 Å². The van der Waals surface area contributed by atoms with Crippen LogP contribution in [0.25, 0.3) is 0 Å². The molecule has 1 amide bonds. The zero-order valence-corrected chi connectivity index (χ0v) is 11.2. The van der Waals surface area contributed by atoms with Gasteiger partial charge in [-0.2, -0.15) is 0 Å². The first-order valence-corrected chi connectivity index (χ1v) is 5.87. The van der Waals surface area contributed by atoms with Crippen molar-refractivity contribution < 1.29 is 13.6 Å². The minimum atomic E-state index is -0.696. The SMILES string of the molecule is C/C=C/C=C/C(=O)Nc1cc(F)c(I)c(F)c1.